The highest BCUT2D eigenvalue weighted by Gasteiger charge is 2.41. The largest absolute Gasteiger partial charge is 0.374 e. The van der Waals surface area contributed by atoms with E-state index in [9.17, 15) is 4.79 Å². The highest BCUT2D eigenvalue weighted by atomic mass is 16.5. The Labute approximate surface area is 116 Å². The van der Waals surface area contributed by atoms with Crippen molar-refractivity contribution in [2.24, 2.45) is 17.8 Å². The molecule has 0 radical (unpaired) electrons. The zero-order valence-corrected chi connectivity index (χ0v) is 12.6. The molecular weight excluding hydrogens is 240 g/mol. The number of hydrogen-bond donors (Lipinski definition) is 2. The molecule has 0 aromatic carbocycles. The van der Waals surface area contributed by atoms with Gasteiger partial charge in [-0.1, -0.05) is 6.92 Å². The molecule has 19 heavy (non-hydrogen) atoms. The predicted molar refractivity (Wildman–Crippen MR) is 75.9 cm³/mol. The van der Waals surface area contributed by atoms with Gasteiger partial charge < -0.3 is 15.4 Å². The number of amides is 1. The van der Waals surface area contributed by atoms with Crippen LogP contribution in [0.3, 0.4) is 0 Å². The second-order valence-corrected chi connectivity index (χ2v) is 6.43. The average Bonchev–Trinajstić information content (AvgIpc) is 2.62. The predicted octanol–water partition coefficient (Wildman–Crippen LogP) is 1.55. The molecule has 110 valence electrons. The fourth-order valence-corrected chi connectivity index (χ4v) is 3.31. The lowest BCUT2D eigenvalue weighted by Gasteiger charge is -2.28. The fourth-order valence-electron chi connectivity index (χ4n) is 3.31. The molecule has 0 saturated carbocycles. The van der Waals surface area contributed by atoms with Gasteiger partial charge in [-0.15, -0.1) is 0 Å². The van der Waals surface area contributed by atoms with E-state index in [1.165, 1.54) is 12.8 Å². The van der Waals surface area contributed by atoms with E-state index in [0.717, 1.165) is 13.1 Å². The second kappa shape index (κ2) is 6.23. The van der Waals surface area contributed by atoms with Crippen molar-refractivity contribution in [3.63, 3.8) is 0 Å². The van der Waals surface area contributed by atoms with E-state index in [2.05, 4.69) is 31.4 Å². The van der Waals surface area contributed by atoms with Gasteiger partial charge in [-0.3, -0.25) is 4.79 Å². The number of carbonyl (C=O) groups excluding carboxylic acids is 1. The summed E-state index contributed by atoms with van der Waals surface area (Å²) in [4.78, 5) is 12.3. The number of piperidine rings is 1. The van der Waals surface area contributed by atoms with Crippen LogP contribution >= 0.6 is 0 Å². The summed E-state index contributed by atoms with van der Waals surface area (Å²) in [5.41, 5.74) is 0. The molecule has 1 amide bonds. The van der Waals surface area contributed by atoms with Crippen molar-refractivity contribution in [2.75, 3.05) is 13.1 Å². The SMILES string of the molecule is CC1CCC(CNC(=O)C2C(C)OC(C)C2C)CN1. The first-order valence-corrected chi connectivity index (χ1v) is 7.65. The van der Waals surface area contributed by atoms with Gasteiger partial charge in [0.2, 0.25) is 5.91 Å². The number of rotatable bonds is 3. The van der Waals surface area contributed by atoms with E-state index >= 15 is 0 Å². The molecule has 2 rings (SSSR count). The first kappa shape index (κ1) is 14.8. The molecule has 2 N–H and O–H groups in total. The normalized spacial score (nSPS) is 43.2. The number of ether oxygens (including phenoxy) is 1. The van der Waals surface area contributed by atoms with Gasteiger partial charge in [-0.05, 0) is 52.0 Å². The van der Waals surface area contributed by atoms with Crippen LogP contribution in [0.2, 0.25) is 0 Å². The van der Waals surface area contributed by atoms with Crippen LogP contribution in [0.15, 0.2) is 0 Å². The smallest absolute Gasteiger partial charge is 0.226 e. The minimum atomic E-state index is 0.00507. The van der Waals surface area contributed by atoms with Crippen molar-refractivity contribution in [2.45, 2.75) is 58.8 Å². The van der Waals surface area contributed by atoms with E-state index in [1.807, 2.05) is 6.92 Å². The maximum Gasteiger partial charge on any atom is 0.226 e. The summed E-state index contributed by atoms with van der Waals surface area (Å²) < 4.78 is 5.74. The minimum Gasteiger partial charge on any atom is -0.374 e. The first-order valence-electron chi connectivity index (χ1n) is 7.65. The van der Waals surface area contributed by atoms with E-state index in [0.29, 0.717) is 17.9 Å². The van der Waals surface area contributed by atoms with Gasteiger partial charge >= 0.3 is 0 Å². The van der Waals surface area contributed by atoms with Crippen LogP contribution in [0, 0.1) is 17.8 Å². The molecule has 2 saturated heterocycles. The van der Waals surface area contributed by atoms with Crippen LogP contribution in [-0.4, -0.2) is 37.2 Å². The third-order valence-electron chi connectivity index (χ3n) is 4.87. The minimum absolute atomic E-state index is 0.00507. The van der Waals surface area contributed by atoms with Gasteiger partial charge in [-0.25, -0.2) is 0 Å². The maximum absolute atomic E-state index is 12.3. The van der Waals surface area contributed by atoms with Crippen LogP contribution in [0.4, 0.5) is 0 Å². The Hall–Kier alpha value is -0.610. The van der Waals surface area contributed by atoms with E-state index < -0.39 is 0 Å². The Kier molecular flexibility index (Phi) is 4.85. The van der Waals surface area contributed by atoms with Gasteiger partial charge in [0.05, 0.1) is 18.1 Å². The number of carbonyl (C=O) groups is 1. The van der Waals surface area contributed by atoms with Crippen molar-refractivity contribution in [3.8, 4) is 0 Å². The number of hydrogen-bond acceptors (Lipinski definition) is 3. The molecule has 2 aliphatic heterocycles. The summed E-state index contributed by atoms with van der Waals surface area (Å²) in [6.07, 6.45) is 2.63. The van der Waals surface area contributed by atoms with Crippen LogP contribution in [0.1, 0.15) is 40.5 Å². The summed E-state index contributed by atoms with van der Waals surface area (Å²) in [6.45, 7) is 10.2. The van der Waals surface area contributed by atoms with Gasteiger partial charge in [-0.2, -0.15) is 0 Å². The molecule has 4 heteroatoms. The van der Waals surface area contributed by atoms with Crippen molar-refractivity contribution in [3.05, 3.63) is 0 Å². The average molecular weight is 268 g/mol. The molecule has 2 fully saturated rings. The fraction of sp³-hybridized carbons (Fsp3) is 0.933. The van der Waals surface area contributed by atoms with E-state index in [1.54, 1.807) is 0 Å². The third-order valence-corrected chi connectivity index (χ3v) is 4.87. The number of nitrogens with one attached hydrogen (secondary N) is 2. The van der Waals surface area contributed by atoms with Crippen LogP contribution < -0.4 is 10.6 Å². The van der Waals surface area contributed by atoms with Crippen LogP contribution in [-0.2, 0) is 9.53 Å². The summed E-state index contributed by atoms with van der Waals surface area (Å²) in [5.74, 6) is 1.05. The topological polar surface area (TPSA) is 50.4 Å². The maximum atomic E-state index is 12.3. The van der Waals surface area contributed by atoms with Crippen molar-refractivity contribution in [1.29, 1.82) is 0 Å². The molecule has 0 aromatic rings. The molecule has 0 aliphatic carbocycles. The lowest BCUT2D eigenvalue weighted by molar-refractivity contribution is -0.127. The monoisotopic (exact) mass is 268 g/mol. The molecule has 2 heterocycles. The Morgan fingerprint density at radius 1 is 1.21 bits per heavy atom. The molecule has 0 aromatic heterocycles. The Balaban J connectivity index is 1.78. The zero-order chi connectivity index (χ0) is 14.0. The second-order valence-electron chi connectivity index (χ2n) is 6.43. The molecule has 0 spiro atoms. The summed E-state index contributed by atoms with van der Waals surface area (Å²) in [6, 6.07) is 0.621. The quantitative estimate of drug-likeness (QED) is 0.816. The van der Waals surface area contributed by atoms with Crippen molar-refractivity contribution >= 4 is 5.91 Å². The Morgan fingerprint density at radius 2 is 1.95 bits per heavy atom. The van der Waals surface area contributed by atoms with Gasteiger partial charge in [0.15, 0.2) is 0 Å². The molecule has 0 bridgehead atoms. The summed E-state index contributed by atoms with van der Waals surface area (Å²) >= 11 is 0. The molecule has 4 nitrogen and oxygen atoms in total. The highest BCUT2D eigenvalue weighted by molar-refractivity contribution is 5.79. The Bertz CT molecular complexity index is 313. The first-order chi connectivity index (χ1) is 8.99. The third kappa shape index (κ3) is 3.48. The van der Waals surface area contributed by atoms with Gasteiger partial charge in [0, 0.05) is 12.6 Å². The Morgan fingerprint density at radius 3 is 2.47 bits per heavy atom. The lowest BCUT2D eigenvalue weighted by atomic mass is 9.88. The highest BCUT2D eigenvalue weighted by Crippen LogP contribution is 2.32. The molecule has 6 unspecified atom stereocenters. The van der Waals surface area contributed by atoms with Crippen LogP contribution in [0.25, 0.3) is 0 Å². The summed E-state index contributed by atoms with van der Waals surface area (Å²) in [5, 5.41) is 6.61. The van der Waals surface area contributed by atoms with Crippen molar-refractivity contribution in [1.82, 2.24) is 10.6 Å². The van der Waals surface area contributed by atoms with E-state index in [4.69, 9.17) is 4.74 Å². The van der Waals surface area contributed by atoms with Gasteiger partial charge in [0.1, 0.15) is 0 Å². The standard InChI is InChI=1S/C15H28N2O2/c1-9-5-6-13(7-16-9)8-17-15(18)14-10(2)11(3)19-12(14)4/h9-14,16H,5-8H2,1-4H3,(H,17,18). The molecule has 6 atom stereocenters. The van der Waals surface area contributed by atoms with Gasteiger partial charge in [0.25, 0.3) is 0 Å². The molecular formula is C15H28N2O2. The molecule has 2 aliphatic rings. The van der Waals surface area contributed by atoms with Crippen molar-refractivity contribution < 1.29 is 9.53 Å². The van der Waals surface area contributed by atoms with E-state index in [-0.39, 0.29) is 24.0 Å². The summed E-state index contributed by atoms with van der Waals surface area (Å²) in [7, 11) is 0. The zero-order valence-electron chi connectivity index (χ0n) is 12.6. The van der Waals surface area contributed by atoms with Crippen LogP contribution in [0.5, 0.6) is 0 Å². The lowest BCUT2D eigenvalue weighted by Crippen LogP contribution is -2.44.